The van der Waals surface area contributed by atoms with Crippen LogP contribution in [0.3, 0.4) is 0 Å². The van der Waals surface area contributed by atoms with Gasteiger partial charge in [-0.2, -0.15) is 8.42 Å². The van der Waals surface area contributed by atoms with Crippen LogP contribution in [0.2, 0.25) is 0 Å². The van der Waals surface area contributed by atoms with E-state index in [1.165, 1.54) is 6.26 Å². The Morgan fingerprint density at radius 2 is 1.96 bits per heavy atom. The predicted octanol–water partition coefficient (Wildman–Crippen LogP) is 0.232. The SMILES string of the molecule is C1COCCN1.NC(=O)C1Nc2ccc(-c3ccco3)cc2C1=S(=O)=O. The molecule has 9 heteroatoms. The highest BCUT2D eigenvalue weighted by atomic mass is 32.2. The number of carbonyl (C=O) groups excluding carboxylic acids is 1. The molecule has 1 aromatic carbocycles. The molecule has 1 unspecified atom stereocenters. The Bertz CT molecular complexity index is 898. The smallest absolute Gasteiger partial charge is 0.245 e. The number of hydrogen-bond donors (Lipinski definition) is 3. The van der Waals surface area contributed by atoms with Gasteiger partial charge in [-0.15, -0.1) is 0 Å². The van der Waals surface area contributed by atoms with Crippen molar-refractivity contribution in [2.24, 2.45) is 5.73 Å². The van der Waals surface area contributed by atoms with Gasteiger partial charge in [-0.25, -0.2) is 0 Å². The number of fused-ring (bicyclic) bond motifs is 1. The summed E-state index contributed by atoms with van der Waals surface area (Å²) in [6.45, 7) is 3.83. The standard InChI is InChI=1S/C13H10N2O4S.C4H9NO/c14-13(16)11-12(20(17)18)8-6-7(3-4-9(8)15-11)10-2-1-5-19-10;1-3-6-4-2-5-1/h1-6,11,15H,(H2,14,16);5H,1-4H2. The Kier molecular flexibility index (Phi) is 5.71. The fraction of sp³-hybridized carbons (Fsp3) is 0.294. The van der Waals surface area contributed by atoms with Crippen LogP contribution in [0.4, 0.5) is 5.69 Å². The van der Waals surface area contributed by atoms with Gasteiger partial charge in [0.15, 0.2) is 0 Å². The van der Waals surface area contributed by atoms with E-state index in [0.29, 0.717) is 17.0 Å². The van der Waals surface area contributed by atoms with Gasteiger partial charge >= 0.3 is 0 Å². The first-order chi connectivity index (χ1) is 12.6. The third-order valence-electron chi connectivity index (χ3n) is 3.96. The average molecular weight is 377 g/mol. The van der Waals surface area contributed by atoms with Crippen LogP contribution in [-0.2, 0) is 19.8 Å². The number of anilines is 1. The van der Waals surface area contributed by atoms with Crippen molar-refractivity contribution in [3.8, 4) is 11.3 Å². The van der Waals surface area contributed by atoms with E-state index >= 15 is 0 Å². The number of ether oxygens (including phenoxy) is 1. The molecule has 8 nitrogen and oxygen atoms in total. The zero-order valence-electron chi connectivity index (χ0n) is 13.9. The maximum atomic E-state index is 11.4. The number of furan rings is 1. The molecule has 2 aliphatic rings. The summed E-state index contributed by atoms with van der Waals surface area (Å²) in [5, 5.41) is 5.96. The van der Waals surface area contributed by atoms with E-state index in [4.69, 9.17) is 14.9 Å². The molecule has 0 aliphatic carbocycles. The fourth-order valence-electron chi connectivity index (χ4n) is 2.75. The van der Waals surface area contributed by atoms with E-state index in [2.05, 4.69) is 10.6 Å². The summed E-state index contributed by atoms with van der Waals surface area (Å²) in [4.78, 5) is 11.3. The summed E-state index contributed by atoms with van der Waals surface area (Å²) < 4.78 is 33.0. The number of primary amides is 1. The summed E-state index contributed by atoms with van der Waals surface area (Å²) in [6.07, 6.45) is 1.53. The van der Waals surface area contributed by atoms with Crippen LogP contribution in [-0.4, -0.2) is 51.5 Å². The van der Waals surface area contributed by atoms with Crippen LogP contribution < -0.4 is 16.4 Å². The Balaban J connectivity index is 0.000000278. The molecule has 0 bridgehead atoms. The highest BCUT2D eigenvalue weighted by Crippen LogP contribution is 2.31. The molecule has 4 N–H and O–H groups in total. The maximum Gasteiger partial charge on any atom is 0.245 e. The number of morpholine rings is 1. The lowest BCUT2D eigenvalue weighted by molar-refractivity contribution is -0.117. The highest BCUT2D eigenvalue weighted by Gasteiger charge is 2.33. The molecule has 2 aliphatic heterocycles. The van der Waals surface area contributed by atoms with Crippen LogP contribution in [0.5, 0.6) is 0 Å². The number of amides is 1. The lowest BCUT2D eigenvalue weighted by atomic mass is 10.0. The predicted molar refractivity (Wildman–Crippen MR) is 97.5 cm³/mol. The van der Waals surface area contributed by atoms with Gasteiger partial charge in [-0.05, 0) is 30.3 Å². The average Bonchev–Trinajstić information content (AvgIpc) is 3.31. The van der Waals surface area contributed by atoms with Crippen molar-refractivity contribution in [1.82, 2.24) is 5.32 Å². The first kappa shape index (κ1) is 18.2. The van der Waals surface area contributed by atoms with Crippen molar-refractivity contribution >= 4 is 26.8 Å². The van der Waals surface area contributed by atoms with Crippen molar-refractivity contribution in [1.29, 1.82) is 0 Å². The fourth-order valence-corrected chi connectivity index (χ4v) is 3.46. The lowest BCUT2D eigenvalue weighted by Gasteiger charge is -2.10. The molecule has 3 heterocycles. The van der Waals surface area contributed by atoms with E-state index in [1.807, 2.05) is 0 Å². The molecule has 26 heavy (non-hydrogen) atoms. The second-order valence-corrected chi connectivity index (χ2v) is 6.59. The third-order valence-corrected chi connectivity index (χ3v) is 4.78. The Hall–Kier alpha value is -2.62. The van der Waals surface area contributed by atoms with Gasteiger partial charge < -0.3 is 25.5 Å². The van der Waals surface area contributed by atoms with Crippen LogP contribution in [0.15, 0.2) is 41.0 Å². The quantitative estimate of drug-likeness (QED) is 0.640. The largest absolute Gasteiger partial charge is 0.464 e. The van der Waals surface area contributed by atoms with Gasteiger partial charge in [0.1, 0.15) is 16.7 Å². The summed E-state index contributed by atoms with van der Waals surface area (Å²) in [5.74, 6) is -0.119. The molecule has 1 aromatic heterocycles. The first-order valence-electron chi connectivity index (χ1n) is 8.06. The van der Waals surface area contributed by atoms with E-state index < -0.39 is 22.2 Å². The van der Waals surface area contributed by atoms with Crippen molar-refractivity contribution in [3.63, 3.8) is 0 Å². The van der Waals surface area contributed by atoms with Gasteiger partial charge in [-0.3, -0.25) is 4.79 Å². The van der Waals surface area contributed by atoms with E-state index in [-0.39, 0.29) is 4.86 Å². The molecule has 4 rings (SSSR count). The molecule has 2 aromatic rings. The van der Waals surface area contributed by atoms with Crippen LogP contribution >= 0.6 is 0 Å². The van der Waals surface area contributed by atoms with E-state index in [9.17, 15) is 13.2 Å². The molecular weight excluding hydrogens is 358 g/mol. The minimum Gasteiger partial charge on any atom is -0.464 e. The number of rotatable bonds is 2. The number of nitrogens with one attached hydrogen (secondary N) is 2. The monoisotopic (exact) mass is 377 g/mol. The van der Waals surface area contributed by atoms with Gasteiger partial charge in [0, 0.05) is 29.9 Å². The molecule has 1 atom stereocenters. The molecule has 0 radical (unpaired) electrons. The van der Waals surface area contributed by atoms with E-state index in [0.717, 1.165) is 31.9 Å². The number of hydrogen-bond acceptors (Lipinski definition) is 7. The van der Waals surface area contributed by atoms with Crippen molar-refractivity contribution in [3.05, 3.63) is 42.2 Å². The topological polar surface area (TPSA) is 124 Å². The van der Waals surface area contributed by atoms with Gasteiger partial charge in [0.25, 0.3) is 0 Å². The molecule has 138 valence electrons. The molecule has 1 amide bonds. The minimum absolute atomic E-state index is 0.0408. The lowest BCUT2D eigenvalue weighted by Crippen LogP contribution is -2.38. The zero-order chi connectivity index (χ0) is 18.5. The second kappa shape index (κ2) is 8.17. The van der Waals surface area contributed by atoms with Gasteiger partial charge in [0.05, 0.1) is 19.5 Å². The van der Waals surface area contributed by atoms with Crippen LogP contribution in [0, 0.1) is 0 Å². The van der Waals surface area contributed by atoms with Gasteiger partial charge in [-0.1, -0.05) is 0 Å². The molecule has 0 saturated carbocycles. The van der Waals surface area contributed by atoms with Gasteiger partial charge in [0.2, 0.25) is 16.2 Å². The highest BCUT2D eigenvalue weighted by molar-refractivity contribution is 7.73. The summed E-state index contributed by atoms with van der Waals surface area (Å²) >= 11 is 0. The Labute approximate surface area is 151 Å². The van der Waals surface area contributed by atoms with Crippen molar-refractivity contribution < 1.29 is 22.4 Å². The van der Waals surface area contributed by atoms with Crippen molar-refractivity contribution in [2.75, 3.05) is 31.6 Å². The minimum atomic E-state index is -2.54. The summed E-state index contributed by atoms with van der Waals surface area (Å²) in [5.41, 5.74) is 6.95. The number of benzene rings is 1. The normalized spacial score (nSPS) is 18.3. The molecular formula is C17H19N3O5S. The third kappa shape index (κ3) is 3.96. The summed E-state index contributed by atoms with van der Waals surface area (Å²) in [6, 6.07) is 7.61. The Morgan fingerprint density at radius 3 is 2.46 bits per heavy atom. The first-order valence-corrected chi connectivity index (χ1v) is 9.14. The molecule has 1 fully saturated rings. The van der Waals surface area contributed by atoms with E-state index in [1.54, 1.807) is 30.3 Å². The van der Waals surface area contributed by atoms with Crippen molar-refractivity contribution in [2.45, 2.75) is 6.04 Å². The maximum absolute atomic E-state index is 11.4. The number of nitrogens with two attached hydrogens (primary N) is 1. The molecule has 1 saturated heterocycles. The zero-order valence-corrected chi connectivity index (χ0v) is 14.7. The molecule has 0 spiro atoms. The van der Waals surface area contributed by atoms with Crippen LogP contribution in [0.25, 0.3) is 11.3 Å². The second-order valence-electron chi connectivity index (χ2n) is 5.68. The summed E-state index contributed by atoms with van der Waals surface area (Å²) in [7, 11) is -2.54. The number of carbonyl (C=O) groups is 1. The van der Waals surface area contributed by atoms with Crippen LogP contribution in [0.1, 0.15) is 5.56 Å². The Morgan fingerprint density at radius 1 is 1.19 bits per heavy atom.